The Bertz CT molecular complexity index is 912. The SMILES string of the molecule is CSCc1nc2ccccc2n1CC(=O)NCc1cc(F)ccc1Br. The van der Waals surface area contributed by atoms with Gasteiger partial charge in [-0.2, -0.15) is 11.8 Å². The average Bonchev–Trinajstić information content (AvgIpc) is 2.94. The minimum absolute atomic E-state index is 0.137. The highest BCUT2D eigenvalue weighted by Crippen LogP contribution is 2.20. The van der Waals surface area contributed by atoms with E-state index in [1.54, 1.807) is 17.8 Å². The summed E-state index contributed by atoms with van der Waals surface area (Å²) >= 11 is 5.03. The molecular weight excluding hydrogens is 405 g/mol. The Morgan fingerprint density at radius 2 is 2.12 bits per heavy atom. The zero-order valence-corrected chi connectivity index (χ0v) is 16.0. The molecule has 0 aliphatic carbocycles. The van der Waals surface area contributed by atoms with E-state index in [0.717, 1.165) is 27.1 Å². The maximum atomic E-state index is 13.3. The second-order valence-corrected chi connectivity index (χ2v) is 7.27. The van der Waals surface area contributed by atoms with Gasteiger partial charge in [-0.05, 0) is 42.2 Å². The number of halogens is 2. The van der Waals surface area contributed by atoms with Gasteiger partial charge in [-0.3, -0.25) is 4.79 Å². The van der Waals surface area contributed by atoms with Crippen molar-refractivity contribution in [3.05, 3.63) is 64.1 Å². The quantitative estimate of drug-likeness (QED) is 0.650. The molecule has 1 aromatic heterocycles. The van der Waals surface area contributed by atoms with Gasteiger partial charge in [-0.1, -0.05) is 28.1 Å². The molecule has 25 heavy (non-hydrogen) atoms. The van der Waals surface area contributed by atoms with Crippen LogP contribution in [0.2, 0.25) is 0 Å². The Kier molecular flexibility index (Phi) is 5.75. The molecular formula is C18H17BrFN3OS. The predicted octanol–water partition coefficient (Wildman–Crippen LogP) is 4.12. The first-order valence-electron chi connectivity index (χ1n) is 7.72. The van der Waals surface area contributed by atoms with Crippen LogP contribution in [0.5, 0.6) is 0 Å². The van der Waals surface area contributed by atoms with Gasteiger partial charge >= 0.3 is 0 Å². The Morgan fingerprint density at radius 1 is 1.32 bits per heavy atom. The first kappa shape index (κ1) is 17.9. The molecule has 0 aliphatic heterocycles. The van der Waals surface area contributed by atoms with E-state index in [2.05, 4.69) is 26.2 Å². The highest BCUT2D eigenvalue weighted by Gasteiger charge is 2.13. The van der Waals surface area contributed by atoms with E-state index in [9.17, 15) is 9.18 Å². The summed E-state index contributed by atoms with van der Waals surface area (Å²) in [4.78, 5) is 17.0. The number of aromatic nitrogens is 2. The van der Waals surface area contributed by atoms with E-state index in [1.165, 1.54) is 12.1 Å². The maximum absolute atomic E-state index is 13.3. The Morgan fingerprint density at radius 3 is 2.92 bits per heavy atom. The van der Waals surface area contributed by atoms with Crippen LogP contribution in [0, 0.1) is 5.82 Å². The van der Waals surface area contributed by atoms with Crippen molar-refractivity contribution in [2.24, 2.45) is 0 Å². The summed E-state index contributed by atoms with van der Waals surface area (Å²) in [5.41, 5.74) is 2.52. The first-order chi connectivity index (χ1) is 12.1. The van der Waals surface area contributed by atoms with Crippen molar-refractivity contribution in [2.75, 3.05) is 6.26 Å². The third-order valence-corrected chi connectivity index (χ3v) is 5.11. The predicted molar refractivity (Wildman–Crippen MR) is 103 cm³/mol. The Labute approximate surface area is 158 Å². The van der Waals surface area contributed by atoms with E-state index >= 15 is 0 Å². The van der Waals surface area contributed by atoms with Gasteiger partial charge in [-0.25, -0.2) is 9.37 Å². The van der Waals surface area contributed by atoms with Crippen LogP contribution >= 0.6 is 27.7 Å². The summed E-state index contributed by atoms with van der Waals surface area (Å²) in [7, 11) is 0. The lowest BCUT2D eigenvalue weighted by molar-refractivity contribution is -0.121. The molecule has 1 amide bonds. The number of para-hydroxylation sites is 2. The summed E-state index contributed by atoms with van der Waals surface area (Å²) in [6.45, 7) is 0.449. The number of hydrogen-bond donors (Lipinski definition) is 1. The number of nitrogens with zero attached hydrogens (tertiary/aromatic N) is 2. The molecule has 1 N–H and O–H groups in total. The van der Waals surface area contributed by atoms with Gasteiger partial charge in [0.05, 0.1) is 16.8 Å². The highest BCUT2D eigenvalue weighted by molar-refractivity contribution is 9.10. The number of thioether (sulfide) groups is 1. The topological polar surface area (TPSA) is 46.9 Å². The molecule has 0 aliphatic rings. The summed E-state index contributed by atoms with van der Waals surface area (Å²) in [6, 6.07) is 12.2. The van der Waals surface area contributed by atoms with Crippen molar-refractivity contribution in [1.29, 1.82) is 0 Å². The van der Waals surface area contributed by atoms with Crippen LogP contribution < -0.4 is 5.32 Å². The molecule has 0 radical (unpaired) electrons. The lowest BCUT2D eigenvalue weighted by Gasteiger charge is -2.10. The summed E-state index contributed by atoms with van der Waals surface area (Å²) in [5, 5.41) is 2.85. The van der Waals surface area contributed by atoms with E-state index < -0.39 is 0 Å². The number of nitrogens with one attached hydrogen (secondary N) is 1. The fraction of sp³-hybridized carbons (Fsp3) is 0.222. The fourth-order valence-corrected chi connectivity index (χ4v) is 3.48. The van der Waals surface area contributed by atoms with E-state index in [1.807, 2.05) is 35.1 Å². The highest BCUT2D eigenvalue weighted by atomic mass is 79.9. The molecule has 130 valence electrons. The Hall–Kier alpha value is -1.86. The second kappa shape index (κ2) is 8.01. The number of hydrogen-bond acceptors (Lipinski definition) is 3. The molecule has 0 bridgehead atoms. The molecule has 3 rings (SSSR count). The van der Waals surface area contributed by atoms with E-state index in [4.69, 9.17) is 0 Å². The zero-order valence-electron chi connectivity index (χ0n) is 13.6. The van der Waals surface area contributed by atoms with Crippen molar-refractivity contribution in [1.82, 2.24) is 14.9 Å². The van der Waals surface area contributed by atoms with E-state index in [0.29, 0.717) is 5.56 Å². The van der Waals surface area contributed by atoms with Crippen LogP contribution in [0.3, 0.4) is 0 Å². The summed E-state index contributed by atoms with van der Waals surface area (Å²) in [6.07, 6.45) is 2.01. The minimum Gasteiger partial charge on any atom is -0.350 e. The lowest BCUT2D eigenvalue weighted by Crippen LogP contribution is -2.28. The molecule has 0 atom stereocenters. The van der Waals surface area contributed by atoms with Gasteiger partial charge in [0.2, 0.25) is 5.91 Å². The maximum Gasteiger partial charge on any atom is 0.240 e. The molecule has 7 heteroatoms. The van der Waals surface area contributed by atoms with Gasteiger partial charge in [0.15, 0.2) is 0 Å². The van der Waals surface area contributed by atoms with E-state index in [-0.39, 0.29) is 24.8 Å². The van der Waals surface area contributed by atoms with Crippen LogP contribution in [0.1, 0.15) is 11.4 Å². The molecule has 1 heterocycles. The molecule has 2 aromatic carbocycles. The zero-order chi connectivity index (χ0) is 17.8. The van der Waals surface area contributed by atoms with Gasteiger partial charge in [-0.15, -0.1) is 0 Å². The molecule has 0 saturated heterocycles. The van der Waals surface area contributed by atoms with Crippen molar-refractivity contribution in [3.63, 3.8) is 0 Å². The lowest BCUT2D eigenvalue weighted by atomic mass is 10.2. The molecule has 0 saturated carbocycles. The molecule has 0 unspecified atom stereocenters. The number of amides is 1. The minimum atomic E-state index is -0.324. The third kappa shape index (κ3) is 4.22. The normalized spacial score (nSPS) is 11.0. The summed E-state index contributed by atoms with van der Waals surface area (Å²) < 4.78 is 16.0. The monoisotopic (exact) mass is 421 g/mol. The number of imidazole rings is 1. The summed E-state index contributed by atoms with van der Waals surface area (Å²) in [5.74, 6) is 1.14. The van der Waals surface area contributed by atoms with Crippen molar-refractivity contribution < 1.29 is 9.18 Å². The molecule has 4 nitrogen and oxygen atoms in total. The fourth-order valence-electron chi connectivity index (χ4n) is 2.61. The van der Waals surface area contributed by atoms with Crippen LogP contribution in [-0.4, -0.2) is 21.7 Å². The van der Waals surface area contributed by atoms with Gasteiger partial charge < -0.3 is 9.88 Å². The van der Waals surface area contributed by atoms with Crippen LogP contribution in [-0.2, 0) is 23.6 Å². The number of fused-ring (bicyclic) bond motifs is 1. The van der Waals surface area contributed by atoms with Crippen LogP contribution in [0.15, 0.2) is 46.9 Å². The number of rotatable bonds is 6. The van der Waals surface area contributed by atoms with Crippen molar-refractivity contribution in [2.45, 2.75) is 18.8 Å². The standard InChI is InChI=1S/C18H17BrFN3OS/c1-25-11-17-22-15-4-2-3-5-16(15)23(17)10-18(24)21-9-12-8-13(20)6-7-14(12)19/h2-8H,9-11H2,1H3,(H,21,24). The van der Waals surface area contributed by atoms with Crippen LogP contribution in [0.4, 0.5) is 4.39 Å². The second-order valence-electron chi connectivity index (χ2n) is 5.55. The van der Waals surface area contributed by atoms with Gasteiger partial charge in [0.1, 0.15) is 18.2 Å². The Balaban J connectivity index is 1.75. The number of benzene rings is 2. The number of carbonyl (C=O) groups is 1. The third-order valence-electron chi connectivity index (χ3n) is 3.79. The smallest absolute Gasteiger partial charge is 0.240 e. The van der Waals surface area contributed by atoms with Gasteiger partial charge in [0, 0.05) is 11.0 Å². The van der Waals surface area contributed by atoms with Gasteiger partial charge in [0.25, 0.3) is 0 Å². The average molecular weight is 422 g/mol. The molecule has 0 spiro atoms. The van der Waals surface area contributed by atoms with Crippen molar-refractivity contribution >= 4 is 44.6 Å². The van der Waals surface area contributed by atoms with Crippen LogP contribution in [0.25, 0.3) is 11.0 Å². The largest absolute Gasteiger partial charge is 0.350 e. The first-order valence-corrected chi connectivity index (χ1v) is 9.91. The van der Waals surface area contributed by atoms with Crippen molar-refractivity contribution in [3.8, 4) is 0 Å². The molecule has 0 fully saturated rings. The number of carbonyl (C=O) groups excluding carboxylic acids is 1. The molecule has 3 aromatic rings.